The van der Waals surface area contributed by atoms with Crippen molar-refractivity contribution in [3.63, 3.8) is 0 Å². The monoisotopic (exact) mass is 396 g/mol. The second kappa shape index (κ2) is 7.53. The van der Waals surface area contributed by atoms with E-state index in [2.05, 4.69) is 4.72 Å². The first-order valence-electron chi connectivity index (χ1n) is 7.76. The van der Waals surface area contributed by atoms with Crippen LogP contribution in [-0.4, -0.2) is 40.8 Å². The van der Waals surface area contributed by atoms with Gasteiger partial charge in [0.1, 0.15) is 11.9 Å². The van der Waals surface area contributed by atoms with E-state index in [0.29, 0.717) is 16.5 Å². The average Bonchev–Trinajstić information content (AvgIpc) is 3.01. The summed E-state index contributed by atoms with van der Waals surface area (Å²) in [6, 6.07) is 12.9. The third kappa shape index (κ3) is 4.09. The van der Waals surface area contributed by atoms with E-state index in [1.807, 2.05) is 0 Å². The number of hydrogen-bond acceptors (Lipinski definition) is 5. The highest BCUT2D eigenvalue weighted by Crippen LogP contribution is 2.25. The molecule has 0 unspecified atom stereocenters. The predicted molar refractivity (Wildman–Crippen MR) is 97.2 cm³/mol. The molecule has 9 heteroatoms. The fourth-order valence-electron chi connectivity index (χ4n) is 2.54. The molecule has 138 valence electrons. The lowest BCUT2D eigenvalue weighted by Crippen LogP contribution is -2.34. The molecule has 0 radical (unpaired) electrons. The smallest absolute Gasteiger partial charge is 0.414 e. The Morgan fingerprint density at radius 1 is 1.27 bits per heavy atom. The van der Waals surface area contributed by atoms with E-state index in [0.717, 1.165) is 0 Å². The number of rotatable bonds is 6. The van der Waals surface area contributed by atoms with Gasteiger partial charge in [-0.1, -0.05) is 23.7 Å². The molecule has 0 aromatic heterocycles. The number of carbonyl (C=O) groups excluding carboxylic acids is 1. The summed E-state index contributed by atoms with van der Waals surface area (Å²) in [6.07, 6.45) is -1.15. The second-order valence-electron chi connectivity index (χ2n) is 5.63. The Morgan fingerprint density at radius 3 is 2.77 bits per heavy atom. The zero-order valence-electron chi connectivity index (χ0n) is 13.9. The molecule has 7 nitrogen and oxygen atoms in total. The van der Waals surface area contributed by atoms with E-state index >= 15 is 0 Å². The number of amides is 1. The van der Waals surface area contributed by atoms with Crippen molar-refractivity contribution in [1.29, 1.82) is 0 Å². The molecule has 1 saturated heterocycles. The van der Waals surface area contributed by atoms with Gasteiger partial charge in [0.2, 0.25) is 10.0 Å². The van der Waals surface area contributed by atoms with Crippen LogP contribution < -0.4 is 14.4 Å². The summed E-state index contributed by atoms with van der Waals surface area (Å²) in [7, 11) is -2.21. The summed E-state index contributed by atoms with van der Waals surface area (Å²) < 4.78 is 37.5. The fourth-order valence-corrected chi connectivity index (χ4v) is 3.90. The van der Waals surface area contributed by atoms with Crippen LogP contribution >= 0.6 is 11.6 Å². The summed E-state index contributed by atoms with van der Waals surface area (Å²) >= 11 is 5.83. The Balaban J connectivity index is 1.66. The average molecular weight is 397 g/mol. The molecular weight excluding hydrogens is 380 g/mol. The molecule has 1 heterocycles. The number of sulfonamides is 1. The highest BCUT2D eigenvalue weighted by atomic mass is 35.5. The van der Waals surface area contributed by atoms with Crippen LogP contribution in [0.15, 0.2) is 53.4 Å². The zero-order valence-corrected chi connectivity index (χ0v) is 15.5. The number of cyclic esters (lactones) is 1. The molecule has 3 rings (SSSR count). The number of benzene rings is 2. The molecule has 1 atom stereocenters. The second-order valence-corrected chi connectivity index (χ2v) is 7.83. The van der Waals surface area contributed by atoms with Crippen molar-refractivity contribution in [3.8, 4) is 5.75 Å². The van der Waals surface area contributed by atoms with E-state index in [4.69, 9.17) is 21.1 Å². The minimum absolute atomic E-state index is 0.0406. The maximum atomic E-state index is 12.3. The van der Waals surface area contributed by atoms with Crippen LogP contribution in [0.5, 0.6) is 5.75 Å². The van der Waals surface area contributed by atoms with Crippen molar-refractivity contribution in [2.24, 2.45) is 0 Å². The van der Waals surface area contributed by atoms with Crippen LogP contribution in [0.4, 0.5) is 10.5 Å². The van der Waals surface area contributed by atoms with Crippen LogP contribution in [0.2, 0.25) is 5.02 Å². The summed E-state index contributed by atoms with van der Waals surface area (Å²) in [5, 5.41) is 0.323. The Kier molecular flexibility index (Phi) is 5.36. The largest absolute Gasteiger partial charge is 0.497 e. The number of carbonyl (C=O) groups is 1. The molecule has 1 fully saturated rings. The molecule has 0 bridgehead atoms. The Labute approximate surface area is 156 Å². The van der Waals surface area contributed by atoms with Gasteiger partial charge in [-0.3, -0.25) is 4.90 Å². The number of methoxy groups -OCH3 is 1. The number of nitrogens with one attached hydrogen (secondary N) is 1. The van der Waals surface area contributed by atoms with Gasteiger partial charge >= 0.3 is 6.09 Å². The van der Waals surface area contributed by atoms with E-state index < -0.39 is 22.2 Å². The molecule has 1 aliphatic rings. The minimum atomic E-state index is -3.74. The van der Waals surface area contributed by atoms with Gasteiger partial charge in [-0.25, -0.2) is 17.9 Å². The van der Waals surface area contributed by atoms with Crippen LogP contribution in [-0.2, 0) is 14.8 Å². The van der Waals surface area contributed by atoms with E-state index in [1.54, 1.807) is 36.4 Å². The predicted octanol–water partition coefficient (Wildman–Crippen LogP) is 2.65. The maximum Gasteiger partial charge on any atom is 0.414 e. The van der Waals surface area contributed by atoms with Gasteiger partial charge in [0.15, 0.2) is 0 Å². The molecule has 26 heavy (non-hydrogen) atoms. The third-order valence-corrected chi connectivity index (χ3v) is 5.50. The van der Waals surface area contributed by atoms with Crippen LogP contribution in [0.3, 0.4) is 0 Å². The van der Waals surface area contributed by atoms with Crippen LogP contribution in [0, 0.1) is 0 Å². The fraction of sp³-hybridized carbons (Fsp3) is 0.235. The lowest BCUT2D eigenvalue weighted by atomic mass is 10.2. The van der Waals surface area contributed by atoms with Gasteiger partial charge in [-0.15, -0.1) is 0 Å². The highest BCUT2D eigenvalue weighted by molar-refractivity contribution is 7.89. The minimum Gasteiger partial charge on any atom is -0.497 e. The molecule has 2 aromatic carbocycles. The SMILES string of the molecule is COc1cccc(N2C[C@@H](CNS(=O)(=O)c3cccc(Cl)c3)OC2=O)c1. The van der Waals surface area contributed by atoms with Crippen molar-refractivity contribution in [3.05, 3.63) is 53.6 Å². The Bertz CT molecular complexity index is 919. The van der Waals surface area contributed by atoms with Crippen molar-refractivity contribution < 1.29 is 22.7 Å². The molecule has 0 aliphatic carbocycles. The third-order valence-electron chi connectivity index (χ3n) is 3.85. The van der Waals surface area contributed by atoms with E-state index in [9.17, 15) is 13.2 Å². The molecular formula is C17H17ClN2O5S. The van der Waals surface area contributed by atoms with Gasteiger partial charge in [0.25, 0.3) is 0 Å². The van der Waals surface area contributed by atoms with Gasteiger partial charge in [-0.05, 0) is 30.3 Å². The number of halogens is 1. The summed E-state index contributed by atoms with van der Waals surface area (Å²) in [6.45, 7) is 0.186. The molecule has 1 aliphatic heterocycles. The first-order chi connectivity index (χ1) is 12.4. The van der Waals surface area contributed by atoms with E-state index in [-0.39, 0.29) is 18.0 Å². The van der Waals surface area contributed by atoms with Crippen LogP contribution in [0.25, 0.3) is 0 Å². The van der Waals surface area contributed by atoms with Crippen molar-refractivity contribution in [1.82, 2.24) is 4.72 Å². The van der Waals surface area contributed by atoms with Gasteiger partial charge in [0.05, 0.1) is 24.2 Å². The number of hydrogen-bond donors (Lipinski definition) is 1. The van der Waals surface area contributed by atoms with Gasteiger partial charge in [0, 0.05) is 17.6 Å². The van der Waals surface area contributed by atoms with Crippen molar-refractivity contribution >= 4 is 33.4 Å². The quantitative estimate of drug-likeness (QED) is 0.811. The molecule has 1 amide bonds. The standard InChI is InChI=1S/C17H17ClN2O5S/c1-24-14-6-3-5-13(9-14)20-11-15(25-17(20)21)10-19-26(22,23)16-7-2-4-12(18)8-16/h2-9,15,19H,10-11H2,1H3/t15-/m1/s1. The highest BCUT2D eigenvalue weighted by Gasteiger charge is 2.33. The molecule has 2 aromatic rings. The van der Waals surface area contributed by atoms with Gasteiger partial charge in [-0.2, -0.15) is 0 Å². The molecule has 1 N–H and O–H groups in total. The maximum absolute atomic E-state index is 12.3. The van der Waals surface area contributed by atoms with Crippen molar-refractivity contribution in [2.75, 3.05) is 25.1 Å². The topological polar surface area (TPSA) is 84.9 Å². The van der Waals surface area contributed by atoms with Crippen LogP contribution in [0.1, 0.15) is 0 Å². The Morgan fingerprint density at radius 2 is 2.04 bits per heavy atom. The summed E-state index contributed by atoms with van der Waals surface area (Å²) in [4.78, 5) is 13.6. The lowest BCUT2D eigenvalue weighted by molar-refractivity contribution is 0.143. The van der Waals surface area contributed by atoms with E-state index in [1.165, 1.54) is 24.1 Å². The number of anilines is 1. The molecule has 0 saturated carbocycles. The van der Waals surface area contributed by atoms with Crippen molar-refractivity contribution in [2.45, 2.75) is 11.0 Å². The lowest BCUT2D eigenvalue weighted by Gasteiger charge is -2.14. The Hall–Kier alpha value is -2.29. The number of ether oxygens (including phenoxy) is 2. The first kappa shape index (κ1) is 18.5. The first-order valence-corrected chi connectivity index (χ1v) is 9.62. The summed E-state index contributed by atoms with van der Waals surface area (Å²) in [5.74, 6) is 0.611. The normalized spacial score (nSPS) is 17.2. The molecule has 0 spiro atoms. The van der Waals surface area contributed by atoms with Gasteiger partial charge < -0.3 is 9.47 Å². The number of nitrogens with zero attached hydrogens (tertiary/aromatic N) is 1. The zero-order chi connectivity index (χ0) is 18.7. The summed E-state index contributed by atoms with van der Waals surface area (Å²) in [5.41, 5.74) is 0.620.